The number of benzene rings is 2. The summed E-state index contributed by atoms with van der Waals surface area (Å²) in [6, 6.07) is 15.0. The first-order chi connectivity index (χ1) is 15.9. The number of unbranched alkanes of at least 4 members (excludes halogenated alkanes) is 1. The number of hydrogen-bond acceptors (Lipinski definition) is 6. The third kappa shape index (κ3) is 4.08. The van der Waals surface area contributed by atoms with Crippen molar-refractivity contribution in [1.82, 2.24) is 10.3 Å². The van der Waals surface area contributed by atoms with Gasteiger partial charge in [0.2, 0.25) is 16.7 Å². The van der Waals surface area contributed by atoms with Crippen LogP contribution in [0.1, 0.15) is 44.7 Å². The summed E-state index contributed by atoms with van der Waals surface area (Å²) >= 11 is 1.07. The maximum Gasteiger partial charge on any atom is 0.271 e. The van der Waals surface area contributed by atoms with Gasteiger partial charge in [-0.05, 0) is 30.3 Å². The fraction of sp³-hybridized carbons (Fsp3) is 0.333. The molecule has 33 heavy (non-hydrogen) atoms. The highest BCUT2D eigenvalue weighted by atomic mass is 32.2. The van der Waals surface area contributed by atoms with E-state index in [1.54, 1.807) is 4.90 Å². The monoisotopic (exact) mass is 466 g/mol. The lowest BCUT2D eigenvalue weighted by Gasteiger charge is -2.29. The number of nitrogens with zero attached hydrogens (tertiary/aromatic N) is 3. The topological polar surface area (TPSA) is 91.3 Å². The van der Waals surface area contributed by atoms with E-state index in [1.165, 1.54) is 18.9 Å². The van der Waals surface area contributed by atoms with Crippen LogP contribution < -0.4 is 15.0 Å². The Hall–Kier alpha value is -3.33. The normalized spacial score (nSPS) is 19.0. The molecule has 0 bridgehead atoms. The summed E-state index contributed by atoms with van der Waals surface area (Å²) < 4.78 is 5.97. The van der Waals surface area contributed by atoms with Crippen LogP contribution in [0.25, 0.3) is 0 Å². The molecule has 0 saturated carbocycles. The molecule has 0 saturated heterocycles. The van der Waals surface area contributed by atoms with Gasteiger partial charge in [0.1, 0.15) is 5.75 Å². The lowest BCUT2D eigenvalue weighted by molar-refractivity contribution is -0.139. The molecule has 0 aromatic heterocycles. The van der Waals surface area contributed by atoms with Crippen molar-refractivity contribution >= 4 is 40.3 Å². The van der Waals surface area contributed by atoms with Crippen LogP contribution in [0.15, 0.2) is 53.6 Å². The molecule has 2 aromatic rings. The Morgan fingerprint density at radius 2 is 1.85 bits per heavy atom. The largest absolute Gasteiger partial charge is 0.493 e. The van der Waals surface area contributed by atoms with Gasteiger partial charge < -0.3 is 15.0 Å². The zero-order chi connectivity index (χ0) is 23.6. The number of rotatable bonds is 6. The van der Waals surface area contributed by atoms with Crippen LogP contribution >= 0.6 is 11.8 Å². The van der Waals surface area contributed by atoms with E-state index in [0.29, 0.717) is 17.9 Å². The van der Waals surface area contributed by atoms with Crippen LogP contribution in [0.3, 0.4) is 0 Å². The second kappa shape index (κ2) is 9.27. The molecule has 0 radical (unpaired) electrons. The highest BCUT2D eigenvalue weighted by molar-refractivity contribution is 8.15. The number of amidine groups is 1. The summed E-state index contributed by atoms with van der Waals surface area (Å²) in [7, 11) is 0. The van der Waals surface area contributed by atoms with Crippen LogP contribution in [0.5, 0.6) is 5.75 Å². The van der Waals surface area contributed by atoms with Crippen LogP contribution in [0.4, 0.5) is 5.69 Å². The molecular weight excluding hydrogens is 440 g/mol. The molecule has 2 aliphatic rings. The van der Waals surface area contributed by atoms with E-state index in [0.717, 1.165) is 35.9 Å². The maximum atomic E-state index is 14.0. The average Bonchev–Trinajstić information content (AvgIpc) is 3.27. The standard InChI is InChI=1S/C24H26N4O4S/c1-4-5-14-32-21-13-9-6-10-18(21)15-27-20-12-8-7-11-19(20)24(22(27)31)28(17(3)30)26-23(33-24)25-16(2)29/h6-13H,4-5,14-15H2,1-3H3,(H,25,26,29)/t24-/m0/s1. The fourth-order valence-electron chi connectivity index (χ4n) is 3.99. The number of amides is 3. The number of para-hydroxylation sites is 2. The molecule has 4 rings (SSSR count). The summed E-state index contributed by atoms with van der Waals surface area (Å²) in [5.74, 6) is -0.280. The van der Waals surface area contributed by atoms with Gasteiger partial charge in [-0.1, -0.05) is 49.7 Å². The summed E-state index contributed by atoms with van der Waals surface area (Å²) in [6.07, 6.45) is 1.97. The van der Waals surface area contributed by atoms with Gasteiger partial charge in [0.15, 0.2) is 5.17 Å². The number of anilines is 1. The van der Waals surface area contributed by atoms with Gasteiger partial charge >= 0.3 is 0 Å². The van der Waals surface area contributed by atoms with Crippen molar-refractivity contribution in [1.29, 1.82) is 0 Å². The number of nitrogens with one attached hydrogen (secondary N) is 1. The number of hydrogen-bond donors (Lipinski definition) is 1. The first-order valence-corrected chi connectivity index (χ1v) is 11.7. The molecule has 2 aromatic carbocycles. The molecular formula is C24H26N4O4S. The SMILES string of the molecule is CCCCOc1ccccc1CN1C(=O)[C@@]2(SC(NC(C)=O)=NN2C(C)=O)c2ccccc21. The number of hydrazone groups is 1. The quantitative estimate of drug-likeness (QED) is 0.658. The summed E-state index contributed by atoms with van der Waals surface area (Å²) in [5, 5.41) is 8.29. The van der Waals surface area contributed by atoms with E-state index in [-0.39, 0.29) is 23.5 Å². The highest BCUT2D eigenvalue weighted by Gasteiger charge is 2.61. The minimum Gasteiger partial charge on any atom is -0.493 e. The molecule has 3 amide bonds. The molecule has 1 N–H and O–H groups in total. The Morgan fingerprint density at radius 3 is 2.58 bits per heavy atom. The summed E-state index contributed by atoms with van der Waals surface area (Å²) in [6.45, 7) is 5.70. The van der Waals surface area contributed by atoms with Gasteiger partial charge in [-0.25, -0.2) is 0 Å². The molecule has 0 unspecified atom stereocenters. The molecule has 8 nitrogen and oxygen atoms in total. The second-order valence-electron chi connectivity index (χ2n) is 7.88. The van der Waals surface area contributed by atoms with Gasteiger partial charge in [0, 0.05) is 25.0 Å². The van der Waals surface area contributed by atoms with Gasteiger partial charge in [-0.2, -0.15) is 5.01 Å². The van der Waals surface area contributed by atoms with E-state index in [2.05, 4.69) is 17.3 Å². The van der Waals surface area contributed by atoms with Crippen molar-refractivity contribution in [3.05, 3.63) is 59.7 Å². The Kier molecular flexibility index (Phi) is 6.42. The molecule has 2 heterocycles. The molecule has 0 fully saturated rings. The third-order valence-corrected chi connectivity index (χ3v) is 6.71. The van der Waals surface area contributed by atoms with Crippen LogP contribution in [-0.4, -0.2) is 34.5 Å². The average molecular weight is 467 g/mol. The van der Waals surface area contributed by atoms with Gasteiger partial charge in [-0.15, -0.1) is 5.10 Å². The Balaban J connectivity index is 1.72. The summed E-state index contributed by atoms with van der Waals surface area (Å²) in [4.78, 5) is 38.4. The van der Waals surface area contributed by atoms with Crippen molar-refractivity contribution in [2.75, 3.05) is 11.5 Å². The Labute approximate surface area is 197 Å². The van der Waals surface area contributed by atoms with E-state index in [1.807, 2.05) is 48.5 Å². The van der Waals surface area contributed by atoms with Crippen LogP contribution in [0.2, 0.25) is 0 Å². The first-order valence-electron chi connectivity index (χ1n) is 10.9. The Bertz CT molecular complexity index is 1130. The van der Waals surface area contributed by atoms with Crippen molar-refractivity contribution < 1.29 is 19.1 Å². The van der Waals surface area contributed by atoms with Crippen LogP contribution in [-0.2, 0) is 25.8 Å². The number of carbonyl (C=O) groups excluding carboxylic acids is 3. The molecule has 172 valence electrons. The van der Waals surface area contributed by atoms with Crippen LogP contribution in [0, 0.1) is 0 Å². The lowest BCUT2D eigenvalue weighted by atomic mass is 10.1. The predicted octanol–water partition coefficient (Wildman–Crippen LogP) is 3.57. The Morgan fingerprint density at radius 1 is 1.12 bits per heavy atom. The summed E-state index contributed by atoms with van der Waals surface area (Å²) in [5.41, 5.74) is 2.22. The molecule has 9 heteroatoms. The minimum absolute atomic E-state index is 0.214. The van der Waals surface area contributed by atoms with E-state index in [9.17, 15) is 14.4 Å². The molecule has 2 aliphatic heterocycles. The smallest absolute Gasteiger partial charge is 0.271 e. The first kappa shape index (κ1) is 22.8. The zero-order valence-electron chi connectivity index (χ0n) is 18.8. The van der Waals surface area contributed by atoms with E-state index in [4.69, 9.17) is 4.74 Å². The van der Waals surface area contributed by atoms with Crippen molar-refractivity contribution in [3.63, 3.8) is 0 Å². The maximum absolute atomic E-state index is 14.0. The van der Waals surface area contributed by atoms with Gasteiger partial charge in [-0.3, -0.25) is 14.4 Å². The number of thioether (sulfide) groups is 1. The van der Waals surface area contributed by atoms with Gasteiger partial charge in [0.05, 0.1) is 18.8 Å². The highest BCUT2D eigenvalue weighted by Crippen LogP contribution is 2.54. The predicted molar refractivity (Wildman–Crippen MR) is 128 cm³/mol. The molecule has 0 aliphatic carbocycles. The lowest BCUT2D eigenvalue weighted by Crippen LogP contribution is -2.48. The van der Waals surface area contributed by atoms with Crippen molar-refractivity contribution in [3.8, 4) is 5.75 Å². The van der Waals surface area contributed by atoms with Crippen molar-refractivity contribution in [2.45, 2.75) is 45.0 Å². The van der Waals surface area contributed by atoms with Crippen molar-refractivity contribution in [2.24, 2.45) is 5.10 Å². The molecule has 1 spiro atoms. The zero-order valence-corrected chi connectivity index (χ0v) is 19.6. The van der Waals surface area contributed by atoms with E-state index < -0.39 is 10.8 Å². The number of carbonyl (C=O) groups is 3. The van der Waals surface area contributed by atoms with Gasteiger partial charge in [0.25, 0.3) is 5.91 Å². The molecule has 1 atom stereocenters. The third-order valence-electron chi connectivity index (χ3n) is 5.47. The minimum atomic E-state index is -1.40. The fourth-order valence-corrected chi connectivity index (χ4v) is 5.33. The second-order valence-corrected chi connectivity index (χ2v) is 9.06. The number of ether oxygens (including phenoxy) is 1. The number of fused-ring (bicyclic) bond motifs is 2. The van der Waals surface area contributed by atoms with E-state index >= 15 is 0 Å².